The summed E-state index contributed by atoms with van der Waals surface area (Å²) in [5, 5.41) is 17.8. The molecule has 0 fully saturated rings. The summed E-state index contributed by atoms with van der Waals surface area (Å²) in [5.74, 6) is -1.38. The van der Waals surface area contributed by atoms with E-state index in [1.54, 1.807) is 20.0 Å². The van der Waals surface area contributed by atoms with Gasteiger partial charge in [-0.3, -0.25) is 4.79 Å². The van der Waals surface area contributed by atoms with Gasteiger partial charge >= 0.3 is 5.97 Å². The van der Waals surface area contributed by atoms with E-state index >= 15 is 0 Å². The van der Waals surface area contributed by atoms with Crippen LogP contribution in [0.25, 0.3) is 0 Å². The van der Waals surface area contributed by atoms with Crippen molar-refractivity contribution in [2.75, 3.05) is 13.7 Å². The van der Waals surface area contributed by atoms with Crippen LogP contribution in [0.15, 0.2) is 24.3 Å². The summed E-state index contributed by atoms with van der Waals surface area (Å²) in [7, 11) is 1.57. The Morgan fingerprint density at radius 3 is 2.47 bits per heavy atom. The van der Waals surface area contributed by atoms with E-state index < -0.39 is 5.97 Å². The number of aliphatic hydroxyl groups is 1. The minimum atomic E-state index is -1.07. The smallest absolute Gasteiger partial charge is 0.335 e. The van der Waals surface area contributed by atoms with Crippen molar-refractivity contribution < 1.29 is 19.8 Å². The highest BCUT2D eigenvalue weighted by atomic mass is 16.4. The molecule has 0 radical (unpaired) electrons. The maximum atomic E-state index is 11.9. The van der Waals surface area contributed by atoms with Gasteiger partial charge in [-0.2, -0.15) is 0 Å². The van der Waals surface area contributed by atoms with Crippen molar-refractivity contribution in [2.24, 2.45) is 0 Å². The second-order valence-electron chi connectivity index (χ2n) is 3.83. The quantitative estimate of drug-likeness (QED) is 0.813. The van der Waals surface area contributed by atoms with Crippen molar-refractivity contribution in [1.82, 2.24) is 4.90 Å². The Kier molecular flexibility index (Phi) is 4.23. The van der Waals surface area contributed by atoms with E-state index in [1.165, 1.54) is 23.1 Å². The number of aliphatic hydroxyl groups excluding tert-OH is 1. The molecule has 92 valence electrons. The third-order valence-electron chi connectivity index (χ3n) is 2.60. The summed E-state index contributed by atoms with van der Waals surface area (Å²) < 4.78 is 0. The van der Waals surface area contributed by atoms with Gasteiger partial charge in [0.25, 0.3) is 5.91 Å². The molecule has 1 aromatic rings. The first-order chi connectivity index (χ1) is 7.97. The first-order valence-corrected chi connectivity index (χ1v) is 5.18. The molecule has 0 aliphatic carbocycles. The Morgan fingerprint density at radius 2 is 1.94 bits per heavy atom. The molecule has 5 nitrogen and oxygen atoms in total. The molecule has 2 N–H and O–H groups in total. The highest BCUT2D eigenvalue weighted by Gasteiger charge is 2.17. The summed E-state index contributed by atoms with van der Waals surface area (Å²) in [5.41, 5.74) is 0.369. The molecule has 1 aromatic carbocycles. The maximum absolute atomic E-state index is 11.9. The van der Waals surface area contributed by atoms with E-state index in [0.717, 1.165) is 0 Å². The molecule has 5 heteroatoms. The van der Waals surface area contributed by atoms with Crippen LogP contribution >= 0.6 is 0 Å². The number of benzene rings is 1. The standard InChI is InChI=1S/C12H15NO4/c1-8(7-14)13(2)11(15)9-4-3-5-10(6-9)12(16)17/h3-6,8,14H,7H2,1-2H3,(H,16,17). The molecule has 0 saturated heterocycles. The van der Waals surface area contributed by atoms with Gasteiger partial charge in [0, 0.05) is 12.6 Å². The Balaban J connectivity index is 2.96. The molecular formula is C12H15NO4. The Hall–Kier alpha value is -1.88. The summed E-state index contributed by atoms with van der Waals surface area (Å²) in [6.45, 7) is 1.57. The molecule has 17 heavy (non-hydrogen) atoms. The number of likely N-dealkylation sites (N-methyl/N-ethyl adjacent to an activating group) is 1. The van der Waals surface area contributed by atoms with E-state index in [0.29, 0.717) is 5.56 Å². The zero-order valence-corrected chi connectivity index (χ0v) is 9.75. The van der Waals surface area contributed by atoms with Crippen LogP contribution in [0.4, 0.5) is 0 Å². The Labute approximate surface area is 99.3 Å². The number of hydrogen-bond donors (Lipinski definition) is 2. The Morgan fingerprint density at radius 1 is 1.35 bits per heavy atom. The van der Waals surface area contributed by atoms with Gasteiger partial charge in [0.15, 0.2) is 0 Å². The monoisotopic (exact) mass is 237 g/mol. The molecular weight excluding hydrogens is 222 g/mol. The summed E-state index contributed by atoms with van der Waals surface area (Å²) >= 11 is 0. The van der Waals surface area contributed by atoms with Crippen LogP contribution in [-0.2, 0) is 0 Å². The van der Waals surface area contributed by atoms with E-state index in [4.69, 9.17) is 10.2 Å². The first kappa shape index (κ1) is 13.2. The number of carbonyl (C=O) groups is 2. The van der Waals surface area contributed by atoms with Crippen LogP contribution in [0.5, 0.6) is 0 Å². The van der Waals surface area contributed by atoms with Crippen molar-refractivity contribution in [3.63, 3.8) is 0 Å². The average Bonchev–Trinajstić information content (AvgIpc) is 2.36. The van der Waals surface area contributed by atoms with Gasteiger partial charge in [0.1, 0.15) is 0 Å². The van der Waals surface area contributed by atoms with Crippen LogP contribution in [0.3, 0.4) is 0 Å². The maximum Gasteiger partial charge on any atom is 0.335 e. The van der Waals surface area contributed by atoms with Gasteiger partial charge in [0.2, 0.25) is 0 Å². The lowest BCUT2D eigenvalue weighted by molar-refractivity contribution is 0.0682. The lowest BCUT2D eigenvalue weighted by Gasteiger charge is -2.23. The number of carbonyl (C=O) groups excluding carboxylic acids is 1. The first-order valence-electron chi connectivity index (χ1n) is 5.18. The van der Waals surface area contributed by atoms with Crippen LogP contribution in [0.2, 0.25) is 0 Å². The van der Waals surface area contributed by atoms with Crippen molar-refractivity contribution in [1.29, 1.82) is 0 Å². The molecule has 0 spiro atoms. The fourth-order valence-electron chi connectivity index (χ4n) is 1.31. The summed E-state index contributed by atoms with van der Waals surface area (Å²) in [6.07, 6.45) is 0. The number of hydrogen-bond acceptors (Lipinski definition) is 3. The van der Waals surface area contributed by atoms with Gasteiger partial charge in [-0.25, -0.2) is 4.79 Å². The predicted octanol–water partition coefficient (Wildman–Crippen LogP) is 0.838. The van der Waals surface area contributed by atoms with E-state index in [-0.39, 0.29) is 24.1 Å². The molecule has 0 heterocycles. The molecule has 1 amide bonds. The highest BCUT2D eigenvalue weighted by molar-refractivity contribution is 5.97. The van der Waals surface area contributed by atoms with Gasteiger partial charge < -0.3 is 15.1 Å². The van der Waals surface area contributed by atoms with Crippen molar-refractivity contribution in [2.45, 2.75) is 13.0 Å². The largest absolute Gasteiger partial charge is 0.478 e. The molecule has 1 rings (SSSR count). The van der Waals surface area contributed by atoms with Crippen LogP contribution < -0.4 is 0 Å². The third-order valence-corrected chi connectivity index (χ3v) is 2.60. The fraction of sp³-hybridized carbons (Fsp3) is 0.333. The zero-order chi connectivity index (χ0) is 13.0. The topological polar surface area (TPSA) is 77.8 Å². The SMILES string of the molecule is CC(CO)N(C)C(=O)c1cccc(C(=O)O)c1. The minimum Gasteiger partial charge on any atom is -0.478 e. The highest BCUT2D eigenvalue weighted by Crippen LogP contribution is 2.09. The minimum absolute atomic E-state index is 0.0703. The predicted molar refractivity (Wildman–Crippen MR) is 62.0 cm³/mol. The molecule has 1 atom stereocenters. The molecule has 0 saturated carbocycles. The summed E-state index contributed by atoms with van der Waals surface area (Å²) in [6, 6.07) is 5.51. The number of aromatic carboxylic acids is 1. The number of nitrogens with zero attached hydrogens (tertiary/aromatic N) is 1. The molecule has 0 bridgehead atoms. The lowest BCUT2D eigenvalue weighted by Crippen LogP contribution is -2.37. The molecule has 0 aliphatic heterocycles. The number of amides is 1. The van der Waals surface area contributed by atoms with Crippen molar-refractivity contribution in [3.8, 4) is 0 Å². The second kappa shape index (κ2) is 5.45. The Bertz CT molecular complexity index is 430. The molecule has 0 aliphatic rings. The van der Waals surface area contributed by atoms with Gasteiger partial charge in [-0.05, 0) is 25.1 Å². The van der Waals surface area contributed by atoms with Gasteiger partial charge in [0.05, 0.1) is 18.2 Å². The molecule has 0 aromatic heterocycles. The normalized spacial score (nSPS) is 11.9. The fourth-order valence-corrected chi connectivity index (χ4v) is 1.31. The van der Waals surface area contributed by atoms with Crippen LogP contribution in [0.1, 0.15) is 27.6 Å². The number of carboxylic acids is 1. The van der Waals surface area contributed by atoms with E-state index in [2.05, 4.69) is 0 Å². The van der Waals surface area contributed by atoms with Crippen molar-refractivity contribution in [3.05, 3.63) is 35.4 Å². The third kappa shape index (κ3) is 3.04. The van der Waals surface area contributed by atoms with Crippen LogP contribution in [-0.4, -0.2) is 46.7 Å². The van der Waals surface area contributed by atoms with Gasteiger partial charge in [-0.15, -0.1) is 0 Å². The second-order valence-corrected chi connectivity index (χ2v) is 3.83. The number of carboxylic acid groups (broad SMARTS) is 1. The number of rotatable bonds is 4. The van der Waals surface area contributed by atoms with Crippen molar-refractivity contribution >= 4 is 11.9 Å². The average molecular weight is 237 g/mol. The molecule has 1 unspecified atom stereocenters. The van der Waals surface area contributed by atoms with Crippen LogP contribution in [0, 0.1) is 0 Å². The van der Waals surface area contributed by atoms with E-state index in [1.807, 2.05) is 0 Å². The summed E-state index contributed by atoms with van der Waals surface area (Å²) in [4.78, 5) is 24.1. The zero-order valence-electron chi connectivity index (χ0n) is 9.75. The van der Waals surface area contributed by atoms with E-state index in [9.17, 15) is 9.59 Å². The lowest BCUT2D eigenvalue weighted by atomic mass is 10.1. The van der Waals surface area contributed by atoms with Gasteiger partial charge in [-0.1, -0.05) is 6.07 Å².